The van der Waals surface area contributed by atoms with Crippen molar-refractivity contribution >= 4 is 5.78 Å². The van der Waals surface area contributed by atoms with Crippen molar-refractivity contribution in [2.75, 3.05) is 0 Å². The van der Waals surface area contributed by atoms with Crippen LogP contribution in [0.3, 0.4) is 0 Å². The Bertz CT molecular complexity index is 496. The Morgan fingerprint density at radius 2 is 1.90 bits per heavy atom. The molecule has 4 aliphatic rings. The summed E-state index contributed by atoms with van der Waals surface area (Å²) >= 11 is 0. The molecule has 0 aromatic carbocycles. The van der Waals surface area contributed by atoms with Gasteiger partial charge in [0.05, 0.1) is 6.10 Å². The van der Waals surface area contributed by atoms with E-state index in [9.17, 15) is 9.90 Å². The maximum atomic E-state index is 11.8. The summed E-state index contributed by atoms with van der Waals surface area (Å²) in [5, 5.41) is 10.4. The zero-order valence-electron chi connectivity index (χ0n) is 13.3. The van der Waals surface area contributed by atoms with Crippen LogP contribution in [0.4, 0.5) is 0 Å². The van der Waals surface area contributed by atoms with E-state index in [0.717, 1.165) is 24.7 Å². The van der Waals surface area contributed by atoms with Gasteiger partial charge in [-0.05, 0) is 79.1 Å². The molecule has 0 bridgehead atoms. The highest BCUT2D eigenvalue weighted by atomic mass is 16.3. The lowest BCUT2D eigenvalue weighted by molar-refractivity contribution is -0.123. The number of fused-ring (bicyclic) bond motifs is 5. The molecule has 0 aromatic heterocycles. The van der Waals surface area contributed by atoms with E-state index in [0.29, 0.717) is 17.6 Å². The molecule has 1 N–H and O–H groups in total. The standard InChI is InChI=1S/C19H28O2/c1-18-9-7-13(20)11-12(18)3-4-14-15-5-6-17(21)19(15,2)10-8-16(14)18/h7,9,12,14-17,21H,3-6,8,10-11H2,1-2H3/t12?,14-,15-,16-,17-,18-,19-/m0/s1. The average Bonchev–Trinajstić information content (AvgIpc) is 2.76. The fourth-order valence-corrected chi connectivity index (χ4v) is 6.61. The molecule has 3 saturated carbocycles. The van der Waals surface area contributed by atoms with Gasteiger partial charge in [-0.15, -0.1) is 0 Å². The zero-order chi connectivity index (χ0) is 14.8. The molecule has 2 nitrogen and oxygen atoms in total. The van der Waals surface area contributed by atoms with Crippen LogP contribution in [0.25, 0.3) is 0 Å². The van der Waals surface area contributed by atoms with Crippen LogP contribution in [-0.4, -0.2) is 17.0 Å². The minimum absolute atomic E-state index is 0.0857. The van der Waals surface area contributed by atoms with Crippen LogP contribution >= 0.6 is 0 Å². The lowest BCUT2D eigenvalue weighted by Gasteiger charge is -2.58. The van der Waals surface area contributed by atoms with Crippen LogP contribution in [-0.2, 0) is 4.79 Å². The third-order valence-corrected chi connectivity index (χ3v) is 7.99. The molecule has 0 amide bonds. The number of carbonyl (C=O) groups excluding carboxylic acids is 1. The second-order valence-electron chi connectivity index (χ2n) is 8.66. The number of aliphatic hydroxyl groups is 1. The van der Waals surface area contributed by atoms with Crippen LogP contribution in [0.15, 0.2) is 12.2 Å². The van der Waals surface area contributed by atoms with Gasteiger partial charge >= 0.3 is 0 Å². The van der Waals surface area contributed by atoms with Gasteiger partial charge in [0.25, 0.3) is 0 Å². The number of allylic oxidation sites excluding steroid dienone is 2. The van der Waals surface area contributed by atoms with E-state index in [-0.39, 0.29) is 16.9 Å². The smallest absolute Gasteiger partial charge is 0.155 e. The monoisotopic (exact) mass is 288 g/mol. The molecular weight excluding hydrogens is 260 g/mol. The van der Waals surface area contributed by atoms with Gasteiger partial charge in [0.2, 0.25) is 0 Å². The number of hydrogen-bond acceptors (Lipinski definition) is 2. The summed E-state index contributed by atoms with van der Waals surface area (Å²) in [6.07, 6.45) is 11.9. The summed E-state index contributed by atoms with van der Waals surface area (Å²) < 4.78 is 0. The van der Waals surface area contributed by atoms with Crippen LogP contribution < -0.4 is 0 Å². The van der Waals surface area contributed by atoms with E-state index in [1.807, 2.05) is 6.08 Å². The molecule has 4 aliphatic carbocycles. The SMILES string of the molecule is C[C@]12CC[C@H]3[C@@H](CCC4CC(=O)C=C[C@@]43C)[C@@H]1CC[C@@H]2O. The fraction of sp³-hybridized carbons (Fsp3) is 0.842. The topological polar surface area (TPSA) is 37.3 Å². The van der Waals surface area contributed by atoms with Gasteiger partial charge in [0.15, 0.2) is 5.78 Å². The van der Waals surface area contributed by atoms with Gasteiger partial charge in [-0.25, -0.2) is 0 Å². The molecule has 116 valence electrons. The molecule has 1 unspecified atom stereocenters. The van der Waals surface area contributed by atoms with Crippen molar-refractivity contribution in [1.82, 2.24) is 0 Å². The van der Waals surface area contributed by atoms with Crippen LogP contribution in [0.5, 0.6) is 0 Å². The molecule has 21 heavy (non-hydrogen) atoms. The van der Waals surface area contributed by atoms with Crippen molar-refractivity contribution in [1.29, 1.82) is 0 Å². The van der Waals surface area contributed by atoms with Crippen molar-refractivity contribution in [3.63, 3.8) is 0 Å². The van der Waals surface area contributed by atoms with Crippen molar-refractivity contribution in [3.05, 3.63) is 12.2 Å². The lowest BCUT2D eigenvalue weighted by Crippen LogP contribution is -2.52. The first-order chi connectivity index (χ1) is 9.95. The Hall–Kier alpha value is -0.630. The highest BCUT2D eigenvalue weighted by Crippen LogP contribution is 2.64. The maximum Gasteiger partial charge on any atom is 0.155 e. The summed E-state index contributed by atoms with van der Waals surface area (Å²) in [5.74, 6) is 3.08. The van der Waals surface area contributed by atoms with Gasteiger partial charge in [-0.1, -0.05) is 19.9 Å². The number of ketones is 1. The van der Waals surface area contributed by atoms with Crippen molar-refractivity contribution < 1.29 is 9.90 Å². The predicted molar refractivity (Wildman–Crippen MR) is 82.6 cm³/mol. The Labute approximate surface area is 128 Å². The lowest BCUT2D eigenvalue weighted by atomic mass is 9.46. The molecule has 3 fully saturated rings. The molecular formula is C19H28O2. The van der Waals surface area contributed by atoms with E-state index in [1.165, 1.54) is 32.1 Å². The van der Waals surface area contributed by atoms with E-state index >= 15 is 0 Å². The number of carbonyl (C=O) groups is 1. The van der Waals surface area contributed by atoms with Gasteiger partial charge < -0.3 is 5.11 Å². The van der Waals surface area contributed by atoms with E-state index in [4.69, 9.17) is 0 Å². The summed E-state index contributed by atoms with van der Waals surface area (Å²) in [7, 11) is 0. The highest BCUT2D eigenvalue weighted by Gasteiger charge is 2.59. The average molecular weight is 288 g/mol. The minimum Gasteiger partial charge on any atom is -0.393 e. The molecule has 0 heterocycles. The number of hydrogen-bond donors (Lipinski definition) is 1. The third kappa shape index (κ3) is 1.78. The molecule has 0 aliphatic heterocycles. The second-order valence-corrected chi connectivity index (χ2v) is 8.66. The minimum atomic E-state index is -0.0857. The first-order valence-corrected chi connectivity index (χ1v) is 8.85. The van der Waals surface area contributed by atoms with Gasteiger partial charge in [0, 0.05) is 6.42 Å². The highest BCUT2D eigenvalue weighted by molar-refractivity contribution is 5.91. The summed E-state index contributed by atoms with van der Waals surface area (Å²) in [4.78, 5) is 11.8. The van der Waals surface area contributed by atoms with Crippen LogP contribution in [0.2, 0.25) is 0 Å². The molecule has 0 aromatic rings. The Morgan fingerprint density at radius 3 is 2.71 bits per heavy atom. The van der Waals surface area contributed by atoms with Crippen molar-refractivity contribution in [2.24, 2.45) is 34.5 Å². The molecule has 7 atom stereocenters. The first kappa shape index (κ1) is 14.0. The summed E-state index contributed by atoms with van der Waals surface area (Å²) in [6.45, 7) is 4.74. The summed E-state index contributed by atoms with van der Waals surface area (Å²) in [5.41, 5.74) is 0.393. The zero-order valence-corrected chi connectivity index (χ0v) is 13.3. The largest absolute Gasteiger partial charge is 0.393 e. The Morgan fingerprint density at radius 1 is 1.10 bits per heavy atom. The van der Waals surface area contributed by atoms with Crippen molar-refractivity contribution in [3.8, 4) is 0 Å². The maximum absolute atomic E-state index is 11.8. The molecule has 0 radical (unpaired) electrons. The number of rotatable bonds is 0. The molecule has 2 heteroatoms. The summed E-state index contributed by atoms with van der Waals surface area (Å²) in [6, 6.07) is 0. The van der Waals surface area contributed by atoms with Gasteiger partial charge in [0.1, 0.15) is 0 Å². The first-order valence-electron chi connectivity index (χ1n) is 8.85. The Balaban J connectivity index is 1.68. The molecule has 0 saturated heterocycles. The van der Waals surface area contributed by atoms with Gasteiger partial charge in [-0.2, -0.15) is 0 Å². The second kappa shape index (κ2) is 4.44. The fourth-order valence-electron chi connectivity index (χ4n) is 6.61. The van der Waals surface area contributed by atoms with E-state index in [2.05, 4.69) is 19.9 Å². The van der Waals surface area contributed by atoms with E-state index in [1.54, 1.807) is 0 Å². The number of aliphatic hydroxyl groups excluding tert-OH is 1. The van der Waals surface area contributed by atoms with Crippen molar-refractivity contribution in [2.45, 2.75) is 64.9 Å². The Kier molecular flexibility index (Phi) is 2.96. The molecule has 0 spiro atoms. The molecule has 4 rings (SSSR count). The quantitative estimate of drug-likeness (QED) is 0.737. The third-order valence-electron chi connectivity index (χ3n) is 7.99. The predicted octanol–water partition coefficient (Wildman–Crippen LogP) is 3.74. The normalized spacial score (nSPS) is 55.8. The van der Waals surface area contributed by atoms with E-state index < -0.39 is 0 Å². The van der Waals surface area contributed by atoms with Gasteiger partial charge in [-0.3, -0.25) is 4.79 Å². The van der Waals surface area contributed by atoms with Crippen LogP contribution in [0, 0.1) is 34.5 Å². The van der Waals surface area contributed by atoms with Crippen LogP contribution in [0.1, 0.15) is 58.8 Å².